The van der Waals surface area contributed by atoms with Crippen LogP contribution in [-0.2, 0) is 13.1 Å². The van der Waals surface area contributed by atoms with Gasteiger partial charge in [-0.2, -0.15) is 5.10 Å². The number of nitrogens with zero attached hydrogens (tertiary/aromatic N) is 5. The van der Waals surface area contributed by atoms with Crippen LogP contribution in [0.5, 0.6) is 0 Å². The van der Waals surface area contributed by atoms with Crippen molar-refractivity contribution in [2.45, 2.75) is 20.0 Å². The molecule has 0 amide bonds. The molecule has 3 aromatic heterocycles. The van der Waals surface area contributed by atoms with E-state index in [-0.39, 0.29) is 5.56 Å². The molecule has 7 nitrogen and oxygen atoms in total. The lowest BCUT2D eigenvalue weighted by Crippen LogP contribution is -2.48. The van der Waals surface area contributed by atoms with Crippen LogP contribution in [0, 0.1) is 12.8 Å². The van der Waals surface area contributed by atoms with Crippen LogP contribution in [0.2, 0.25) is 0 Å². The quantitative estimate of drug-likeness (QED) is 0.706. The number of pyridine rings is 1. The molecule has 3 aromatic rings. The van der Waals surface area contributed by atoms with E-state index in [9.17, 15) is 4.79 Å². The van der Waals surface area contributed by atoms with E-state index in [2.05, 4.69) is 20.1 Å². The van der Waals surface area contributed by atoms with Gasteiger partial charge in [-0.25, -0.2) is 4.68 Å². The van der Waals surface area contributed by atoms with Crippen molar-refractivity contribution in [3.63, 3.8) is 0 Å². The first-order chi connectivity index (χ1) is 12.2. The molecule has 1 fully saturated rings. The van der Waals surface area contributed by atoms with Crippen LogP contribution in [0.3, 0.4) is 0 Å². The molecule has 0 N–H and O–H groups in total. The third kappa shape index (κ3) is 3.51. The maximum Gasteiger partial charge on any atom is 0.266 e. The maximum atomic E-state index is 12.1. The smallest absolute Gasteiger partial charge is 0.266 e. The van der Waals surface area contributed by atoms with Gasteiger partial charge in [-0.05, 0) is 25.1 Å². The summed E-state index contributed by atoms with van der Waals surface area (Å²) in [6, 6.07) is 9.08. The van der Waals surface area contributed by atoms with Crippen LogP contribution >= 0.6 is 0 Å². The lowest BCUT2D eigenvalue weighted by atomic mass is 10.00. The second-order valence-electron chi connectivity index (χ2n) is 6.47. The minimum absolute atomic E-state index is 0.0711. The van der Waals surface area contributed by atoms with Gasteiger partial charge in [-0.15, -0.1) is 0 Å². The van der Waals surface area contributed by atoms with E-state index < -0.39 is 0 Å². The molecule has 1 aliphatic heterocycles. The predicted molar refractivity (Wildman–Crippen MR) is 91.7 cm³/mol. The first kappa shape index (κ1) is 15.7. The van der Waals surface area contributed by atoms with Crippen molar-refractivity contribution >= 4 is 0 Å². The molecule has 0 aliphatic carbocycles. The fourth-order valence-corrected chi connectivity index (χ4v) is 3.14. The lowest BCUT2D eigenvalue weighted by molar-refractivity contribution is 0.0744. The van der Waals surface area contributed by atoms with Gasteiger partial charge in [-0.1, -0.05) is 5.16 Å². The fourth-order valence-electron chi connectivity index (χ4n) is 3.14. The zero-order chi connectivity index (χ0) is 17.2. The summed E-state index contributed by atoms with van der Waals surface area (Å²) in [7, 11) is 0. The molecule has 128 valence electrons. The third-order valence-corrected chi connectivity index (χ3v) is 4.35. The highest BCUT2D eigenvalue weighted by Crippen LogP contribution is 2.20. The van der Waals surface area contributed by atoms with Crippen LogP contribution in [0.4, 0.5) is 0 Å². The number of aryl methyl sites for hydroxylation is 1. The largest absolute Gasteiger partial charge is 0.361 e. The fraction of sp³-hybridized carbons (Fsp3) is 0.333. The van der Waals surface area contributed by atoms with E-state index in [1.54, 1.807) is 29.2 Å². The summed E-state index contributed by atoms with van der Waals surface area (Å²) in [5.41, 5.74) is 2.55. The van der Waals surface area contributed by atoms with E-state index in [1.807, 2.05) is 25.1 Å². The Labute approximate surface area is 144 Å². The van der Waals surface area contributed by atoms with Crippen molar-refractivity contribution in [1.82, 2.24) is 24.8 Å². The number of hydrogen-bond donors (Lipinski definition) is 0. The number of hydrogen-bond acceptors (Lipinski definition) is 6. The molecule has 0 unspecified atom stereocenters. The molecule has 0 aromatic carbocycles. The Balaban J connectivity index is 1.39. The van der Waals surface area contributed by atoms with Crippen LogP contribution in [0.15, 0.2) is 52.0 Å². The molecule has 4 rings (SSSR count). The van der Waals surface area contributed by atoms with Gasteiger partial charge in [0, 0.05) is 55.6 Å². The predicted octanol–water partition coefficient (Wildman–Crippen LogP) is 1.73. The lowest BCUT2D eigenvalue weighted by Gasteiger charge is -2.38. The third-order valence-electron chi connectivity index (χ3n) is 4.35. The van der Waals surface area contributed by atoms with Crippen molar-refractivity contribution < 1.29 is 4.52 Å². The van der Waals surface area contributed by atoms with Crippen LogP contribution in [-0.4, -0.2) is 37.9 Å². The topological polar surface area (TPSA) is 77.1 Å². The Morgan fingerprint density at radius 2 is 2.16 bits per heavy atom. The summed E-state index contributed by atoms with van der Waals surface area (Å²) < 4.78 is 6.65. The maximum absolute atomic E-state index is 12.1. The number of rotatable bonds is 5. The van der Waals surface area contributed by atoms with Crippen molar-refractivity contribution in [3.8, 4) is 11.3 Å². The molecule has 0 spiro atoms. The van der Waals surface area contributed by atoms with Gasteiger partial charge in [0.2, 0.25) is 0 Å². The standard InChI is InChI=1S/C18H19N5O2/c1-13-7-16(21-25-13)12-22-9-14(10-22)11-23-18(24)5-4-17(20-23)15-3-2-6-19-8-15/h2-8,14H,9-12H2,1H3. The molecule has 0 atom stereocenters. The monoisotopic (exact) mass is 337 g/mol. The second kappa shape index (κ2) is 6.60. The van der Waals surface area contributed by atoms with Gasteiger partial charge < -0.3 is 4.52 Å². The van der Waals surface area contributed by atoms with E-state index in [0.717, 1.165) is 42.3 Å². The minimum Gasteiger partial charge on any atom is -0.361 e. The number of aromatic nitrogens is 4. The van der Waals surface area contributed by atoms with Crippen LogP contribution < -0.4 is 5.56 Å². The molecule has 7 heteroatoms. The van der Waals surface area contributed by atoms with E-state index in [1.165, 1.54) is 0 Å². The Morgan fingerprint density at radius 1 is 1.28 bits per heavy atom. The highest BCUT2D eigenvalue weighted by molar-refractivity contribution is 5.56. The molecule has 0 saturated carbocycles. The zero-order valence-corrected chi connectivity index (χ0v) is 14.0. The normalized spacial score (nSPS) is 15.2. The van der Waals surface area contributed by atoms with Crippen molar-refractivity contribution in [3.05, 3.63) is 64.5 Å². The summed E-state index contributed by atoms with van der Waals surface area (Å²) in [4.78, 5) is 18.5. The van der Waals surface area contributed by atoms with Crippen molar-refractivity contribution in [2.24, 2.45) is 5.92 Å². The Hall–Kier alpha value is -2.80. The SMILES string of the molecule is Cc1cc(CN2CC(Cn3nc(-c4cccnc4)ccc3=O)C2)no1. The molecular formula is C18H19N5O2. The zero-order valence-electron chi connectivity index (χ0n) is 14.0. The molecule has 1 saturated heterocycles. The van der Waals surface area contributed by atoms with Gasteiger partial charge >= 0.3 is 0 Å². The summed E-state index contributed by atoms with van der Waals surface area (Å²) in [5.74, 6) is 1.25. The van der Waals surface area contributed by atoms with Crippen molar-refractivity contribution in [2.75, 3.05) is 13.1 Å². The Morgan fingerprint density at radius 3 is 2.88 bits per heavy atom. The van der Waals surface area contributed by atoms with Crippen molar-refractivity contribution in [1.29, 1.82) is 0 Å². The summed E-state index contributed by atoms with van der Waals surface area (Å²) in [6.45, 7) is 5.16. The van der Waals surface area contributed by atoms with Gasteiger partial charge in [0.1, 0.15) is 5.76 Å². The molecule has 0 bridgehead atoms. The summed E-state index contributed by atoms with van der Waals surface area (Å²) >= 11 is 0. The van der Waals surface area contributed by atoms with Crippen LogP contribution in [0.1, 0.15) is 11.5 Å². The Kier molecular flexibility index (Phi) is 4.15. The highest BCUT2D eigenvalue weighted by Gasteiger charge is 2.28. The first-order valence-corrected chi connectivity index (χ1v) is 8.30. The van der Waals surface area contributed by atoms with Gasteiger partial charge in [0.15, 0.2) is 0 Å². The molecule has 4 heterocycles. The molecule has 1 aliphatic rings. The highest BCUT2D eigenvalue weighted by atomic mass is 16.5. The second-order valence-corrected chi connectivity index (χ2v) is 6.47. The number of likely N-dealkylation sites (tertiary alicyclic amines) is 1. The summed E-state index contributed by atoms with van der Waals surface area (Å²) in [5, 5.41) is 8.51. The van der Waals surface area contributed by atoms with E-state index >= 15 is 0 Å². The molecule has 0 radical (unpaired) electrons. The average molecular weight is 337 g/mol. The van der Waals surface area contributed by atoms with Gasteiger partial charge in [0.05, 0.1) is 17.9 Å². The van der Waals surface area contributed by atoms with Crippen LogP contribution in [0.25, 0.3) is 11.3 Å². The van der Waals surface area contributed by atoms with Gasteiger partial charge in [-0.3, -0.25) is 14.7 Å². The molecular weight excluding hydrogens is 318 g/mol. The van der Waals surface area contributed by atoms with E-state index in [4.69, 9.17) is 4.52 Å². The van der Waals surface area contributed by atoms with Gasteiger partial charge in [0.25, 0.3) is 5.56 Å². The Bertz CT molecular complexity index is 912. The summed E-state index contributed by atoms with van der Waals surface area (Å²) in [6.07, 6.45) is 3.47. The average Bonchev–Trinajstić information content (AvgIpc) is 3.00. The minimum atomic E-state index is -0.0711. The first-order valence-electron chi connectivity index (χ1n) is 8.30. The van der Waals surface area contributed by atoms with E-state index in [0.29, 0.717) is 12.5 Å². The molecule has 25 heavy (non-hydrogen) atoms.